The van der Waals surface area contributed by atoms with Crippen molar-refractivity contribution in [2.75, 3.05) is 13.0 Å². The van der Waals surface area contributed by atoms with Gasteiger partial charge in [0, 0.05) is 4.75 Å². The molecule has 17 heavy (non-hydrogen) atoms. The van der Waals surface area contributed by atoms with Gasteiger partial charge in [0.15, 0.2) is 0 Å². The molecule has 1 rings (SSSR count). The first kappa shape index (κ1) is 14.4. The number of hydrogen-bond acceptors (Lipinski definition) is 5. The fourth-order valence-corrected chi connectivity index (χ4v) is 3.02. The predicted octanol–water partition coefficient (Wildman–Crippen LogP) is 0.161. The molecule has 0 saturated carbocycles. The number of thioether (sulfide) groups is 1. The molecule has 1 heterocycles. The van der Waals surface area contributed by atoms with E-state index in [2.05, 4.69) is 0 Å². The Morgan fingerprint density at radius 2 is 2.12 bits per heavy atom. The normalized spacial score (nSPS) is 24.5. The summed E-state index contributed by atoms with van der Waals surface area (Å²) in [4.78, 5) is 25.1. The lowest BCUT2D eigenvalue weighted by atomic mass is 10.0. The number of carbonyl (C=O) groups is 2. The third-order valence-corrected chi connectivity index (χ3v) is 4.15. The second-order valence-electron chi connectivity index (χ2n) is 4.70. The van der Waals surface area contributed by atoms with Gasteiger partial charge < -0.3 is 9.47 Å². The van der Waals surface area contributed by atoms with Crippen molar-refractivity contribution < 1.29 is 19.1 Å². The maximum absolute atomic E-state index is 11.9. The topological polar surface area (TPSA) is 55.8 Å². The predicted molar refractivity (Wildman–Crippen MR) is 70.1 cm³/mol. The molecule has 0 spiro atoms. The summed E-state index contributed by atoms with van der Waals surface area (Å²) in [5.41, 5.74) is -0.0606. The van der Waals surface area contributed by atoms with Crippen molar-refractivity contribution in [2.24, 2.45) is 0 Å². The zero-order valence-corrected chi connectivity index (χ0v) is 13.7. The molecular weight excluding hydrogens is 258 g/mol. The molecule has 1 aliphatic rings. The molecule has 1 aliphatic heterocycles. The minimum Gasteiger partial charge on any atom is -0.467 e. The van der Waals surface area contributed by atoms with E-state index in [1.807, 2.05) is 20.8 Å². The van der Waals surface area contributed by atoms with Gasteiger partial charge in [-0.2, -0.15) is 0 Å². The van der Waals surface area contributed by atoms with E-state index in [1.54, 1.807) is 11.8 Å². The van der Waals surface area contributed by atoms with Gasteiger partial charge in [-0.3, -0.25) is 4.90 Å². The van der Waals surface area contributed by atoms with Gasteiger partial charge in [0.1, 0.15) is 6.04 Å². The van der Waals surface area contributed by atoms with Gasteiger partial charge in [0.25, 0.3) is 0 Å². The van der Waals surface area contributed by atoms with Crippen LogP contribution in [-0.2, 0) is 14.3 Å². The van der Waals surface area contributed by atoms with E-state index in [4.69, 9.17) is 9.47 Å². The molecule has 0 radical (unpaired) electrons. The molecule has 0 N–H and O–H groups in total. The Labute approximate surface area is 109 Å². The summed E-state index contributed by atoms with van der Waals surface area (Å²) in [7, 11) is 2.11. The summed E-state index contributed by atoms with van der Waals surface area (Å²) in [6.45, 7) is 5.69. The second kappa shape index (κ2) is 5.30. The van der Waals surface area contributed by atoms with Gasteiger partial charge in [0.05, 0.1) is 29.0 Å². The van der Waals surface area contributed by atoms with Crippen molar-refractivity contribution >= 4 is 34.1 Å². The molecule has 0 aromatic heterocycles. The first-order chi connectivity index (χ1) is 7.79. The lowest BCUT2D eigenvalue weighted by molar-refractivity contribution is -0.146. The molecular formula is C10H19NO4SSi. The molecule has 1 fully saturated rings. The number of rotatable bonds is 2. The zero-order chi connectivity index (χ0) is 13.2. The Balaban J connectivity index is 2.85. The maximum Gasteiger partial charge on any atom is 0.411 e. The molecule has 5 nitrogen and oxygen atoms in total. The van der Waals surface area contributed by atoms with Gasteiger partial charge in [-0.1, -0.05) is 0 Å². The van der Waals surface area contributed by atoms with Gasteiger partial charge in [-0.25, -0.2) is 9.59 Å². The van der Waals surface area contributed by atoms with Crippen LogP contribution in [0.25, 0.3) is 0 Å². The standard InChI is InChI=1S/C10H19NO4SSi/c1-6(17)15-9(13)11-5-16-10(2,3)7(11)8(12)14-4/h6-7H,5H2,1-4,17H3. The molecule has 2 unspecified atom stereocenters. The third-order valence-electron chi connectivity index (χ3n) is 2.54. The SMILES string of the molecule is COC(=O)C1N(C(=O)OC(C)[SiH3])CSC1(C)C. The van der Waals surface area contributed by atoms with Crippen molar-refractivity contribution in [3.05, 3.63) is 0 Å². The summed E-state index contributed by atoms with van der Waals surface area (Å²) in [6, 6.07) is -0.578. The van der Waals surface area contributed by atoms with E-state index >= 15 is 0 Å². The van der Waals surface area contributed by atoms with E-state index in [1.165, 1.54) is 12.0 Å². The van der Waals surface area contributed by atoms with Gasteiger partial charge in [-0.05, 0) is 20.8 Å². The van der Waals surface area contributed by atoms with Crippen molar-refractivity contribution in [3.63, 3.8) is 0 Å². The highest BCUT2D eigenvalue weighted by molar-refractivity contribution is 8.00. The Morgan fingerprint density at radius 1 is 1.53 bits per heavy atom. The number of ether oxygens (including phenoxy) is 2. The van der Waals surface area contributed by atoms with E-state index in [-0.39, 0.29) is 10.5 Å². The van der Waals surface area contributed by atoms with E-state index < -0.39 is 18.1 Å². The summed E-state index contributed by atoms with van der Waals surface area (Å²) < 4.78 is 9.60. The monoisotopic (exact) mass is 277 g/mol. The lowest BCUT2D eigenvalue weighted by Crippen LogP contribution is -2.49. The summed E-state index contributed by atoms with van der Waals surface area (Å²) in [5.74, 6) is 0.0674. The van der Waals surface area contributed by atoms with Crippen LogP contribution in [0.1, 0.15) is 20.8 Å². The minimum absolute atomic E-state index is 0.0606. The Kier molecular flexibility index (Phi) is 4.48. The zero-order valence-electron chi connectivity index (χ0n) is 10.9. The summed E-state index contributed by atoms with van der Waals surface area (Å²) >= 11 is 1.55. The lowest BCUT2D eigenvalue weighted by Gasteiger charge is -2.28. The maximum atomic E-state index is 11.9. The molecule has 0 bridgehead atoms. The average molecular weight is 277 g/mol. The smallest absolute Gasteiger partial charge is 0.411 e. The van der Waals surface area contributed by atoms with Crippen LogP contribution < -0.4 is 0 Å². The summed E-state index contributed by atoms with van der Waals surface area (Å²) in [5, 5.41) is 0. The van der Waals surface area contributed by atoms with Gasteiger partial charge in [-0.15, -0.1) is 11.8 Å². The van der Waals surface area contributed by atoms with E-state index in [9.17, 15) is 9.59 Å². The van der Waals surface area contributed by atoms with Crippen LogP contribution in [0, 0.1) is 0 Å². The first-order valence-corrected chi connectivity index (χ1v) is 7.62. The molecule has 1 saturated heterocycles. The highest BCUT2D eigenvalue weighted by Crippen LogP contribution is 2.40. The van der Waals surface area contributed by atoms with Gasteiger partial charge in [0.2, 0.25) is 0 Å². The van der Waals surface area contributed by atoms with Crippen LogP contribution in [-0.4, -0.2) is 56.7 Å². The quantitative estimate of drug-likeness (QED) is 0.532. The van der Waals surface area contributed by atoms with Crippen LogP contribution >= 0.6 is 11.8 Å². The second-order valence-corrected chi connectivity index (χ2v) is 7.93. The molecule has 98 valence electrons. The van der Waals surface area contributed by atoms with Crippen molar-refractivity contribution in [1.82, 2.24) is 4.90 Å². The number of carbonyl (C=O) groups excluding carboxylic acids is 2. The molecule has 0 aromatic rings. The molecule has 1 amide bonds. The van der Waals surface area contributed by atoms with Crippen LogP contribution in [0.3, 0.4) is 0 Å². The van der Waals surface area contributed by atoms with E-state index in [0.717, 1.165) is 10.2 Å². The van der Waals surface area contributed by atoms with Crippen LogP contribution in [0.15, 0.2) is 0 Å². The Morgan fingerprint density at radius 3 is 2.59 bits per heavy atom. The Hall–Kier alpha value is -0.693. The van der Waals surface area contributed by atoms with E-state index in [0.29, 0.717) is 5.88 Å². The first-order valence-electron chi connectivity index (χ1n) is 5.48. The minimum atomic E-state index is -0.578. The molecule has 0 aromatic carbocycles. The highest BCUT2D eigenvalue weighted by atomic mass is 32.2. The number of esters is 1. The molecule has 7 heteroatoms. The highest BCUT2D eigenvalue weighted by Gasteiger charge is 2.49. The number of methoxy groups -OCH3 is 1. The Bertz CT molecular complexity index is 321. The fourth-order valence-electron chi connectivity index (χ4n) is 1.71. The fraction of sp³-hybridized carbons (Fsp3) is 0.800. The van der Waals surface area contributed by atoms with Gasteiger partial charge >= 0.3 is 12.1 Å². The largest absolute Gasteiger partial charge is 0.467 e. The number of nitrogens with zero attached hydrogens (tertiary/aromatic N) is 1. The van der Waals surface area contributed by atoms with Crippen molar-refractivity contribution in [1.29, 1.82) is 0 Å². The van der Waals surface area contributed by atoms with Crippen LogP contribution in [0.5, 0.6) is 0 Å². The number of hydrogen-bond donors (Lipinski definition) is 0. The number of amides is 1. The third kappa shape index (κ3) is 3.16. The molecule has 2 atom stereocenters. The van der Waals surface area contributed by atoms with Crippen molar-refractivity contribution in [3.8, 4) is 0 Å². The van der Waals surface area contributed by atoms with Crippen LogP contribution in [0.4, 0.5) is 4.79 Å². The summed E-state index contributed by atoms with van der Waals surface area (Å²) in [6.07, 6.45) is -0.430. The average Bonchev–Trinajstić information content (AvgIpc) is 2.52. The van der Waals surface area contributed by atoms with Crippen LogP contribution in [0.2, 0.25) is 0 Å². The molecule has 0 aliphatic carbocycles. The van der Waals surface area contributed by atoms with Crippen molar-refractivity contribution in [2.45, 2.75) is 37.3 Å².